The molecule has 134 valence electrons. The van der Waals surface area contributed by atoms with E-state index in [1.54, 1.807) is 18.3 Å². The van der Waals surface area contributed by atoms with Crippen LogP contribution >= 0.6 is 0 Å². The van der Waals surface area contributed by atoms with Gasteiger partial charge in [0.05, 0.1) is 17.6 Å². The number of aromatic nitrogens is 5. The highest BCUT2D eigenvalue weighted by molar-refractivity contribution is 6.04. The number of anilines is 1. The molecule has 4 rings (SSSR count). The smallest absolute Gasteiger partial charge is 0.276 e. The van der Waals surface area contributed by atoms with Crippen LogP contribution in [0.2, 0.25) is 0 Å². The summed E-state index contributed by atoms with van der Waals surface area (Å²) in [5.41, 5.74) is 1.69. The van der Waals surface area contributed by atoms with Gasteiger partial charge in [0.1, 0.15) is 17.2 Å². The maximum Gasteiger partial charge on any atom is 0.276 e. The summed E-state index contributed by atoms with van der Waals surface area (Å²) in [6, 6.07) is 9.90. The molecule has 0 aliphatic heterocycles. The topological polar surface area (TPSA) is 88.5 Å². The SMILES string of the molecule is O=C(Nc1cn[nH]c1-c1ccccn1)c1ccn(-c2ccc(F)cc2F)n1. The zero-order chi connectivity index (χ0) is 18.8. The first-order valence-corrected chi connectivity index (χ1v) is 7.89. The van der Waals surface area contributed by atoms with Crippen LogP contribution < -0.4 is 5.32 Å². The van der Waals surface area contributed by atoms with Crippen LogP contribution in [-0.2, 0) is 0 Å². The van der Waals surface area contributed by atoms with E-state index >= 15 is 0 Å². The van der Waals surface area contributed by atoms with Crippen molar-refractivity contribution in [3.8, 4) is 17.1 Å². The lowest BCUT2D eigenvalue weighted by Crippen LogP contribution is -2.13. The van der Waals surface area contributed by atoms with Crippen LogP contribution in [-0.4, -0.2) is 30.9 Å². The Bertz CT molecular complexity index is 1110. The second-order valence-electron chi connectivity index (χ2n) is 5.57. The Labute approximate surface area is 151 Å². The first-order valence-electron chi connectivity index (χ1n) is 7.89. The largest absolute Gasteiger partial charge is 0.317 e. The van der Waals surface area contributed by atoms with Gasteiger partial charge in [0.2, 0.25) is 0 Å². The fourth-order valence-corrected chi connectivity index (χ4v) is 2.52. The van der Waals surface area contributed by atoms with Crippen molar-refractivity contribution in [3.05, 3.63) is 78.4 Å². The van der Waals surface area contributed by atoms with Crippen LogP contribution in [0.4, 0.5) is 14.5 Å². The molecule has 0 unspecified atom stereocenters. The molecule has 0 aliphatic carbocycles. The molecule has 3 aromatic heterocycles. The van der Waals surface area contributed by atoms with Gasteiger partial charge in [-0.1, -0.05) is 6.07 Å². The highest BCUT2D eigenvalue weighted by Gasteiger charge is 2.16. The van der Waals surface area contributed by atoms with E-state index in [4.69, 9.17) is 0 Å². The summed E-state index contributed by atoms with van der Waals surface area (Å²) >= 11 is 0. The maximum atomic E-state index is 13.9. The predicted octanol–water partition coefficient (Wildman–Crippen LogP) is 3.19. The zero-order valence-corrected chi connectivity index (χ0v) is 13.7. The lowest BCUT2D eigenvalue weighted by atomic mass is 10.2. The van der Waals surface area contributed by atoms with Crippen molar-refractivity contribution < 1.29 is 13.6 Å². The Balaban J connectivity index is 1.57. The number of hydrogen-bond acceptors (Lipinski definition) is 4. The Kier molecular flexibility index (Phi) is 4.17. The van der Waals surface area contributed by atoms with Crippen LogP contribution in [0.3, 0.4) is 0 Å². The van der Waals surface area contributed by atoms with Gasteiger partial charge in [-0.2, -0.15) is 10.2 Å². The average molecular weight is 366 g/mol. The number of carbonyl (C=O) groups is 1. The van der Waals surface area contributed by atoms with Crippen molar-refractivity contribution in [1.82, 2.24) is 25.0 Å². The highest BCUT2D eigenvalue weighted by atomic mass is 19.1. The Morgan fingerprint density at radius 1 is 1.15 bits per heavy atom. The van der Waals surface area contributed by atoms with Gasteiger partial charge in [-0.25, -0.2) is 13.5 Å². The molecule has 27 heavy (non-hydrogen) atoms. The third-order valence-corrected chi connectivity index (χ3v) is 3.79. The molecule has 0 saturated heterocycles. The van der Waals surface area contributed by atoms with E-state index in [-0.39, 0.29) is 11.4 Å². The molecule has 0 saturated carbocycles. The lowest BCUT2D eigenvalue weighted by molar-refractivity contribution is 0.102. The number of amides is 1. The predicted molar refractivity (Wildman–Crippen MR) is 93.3 cm³/mol. The van der Waals surface area contributed by atoms with Gasteiger partial charge in [-0.15, -0.1) is 0 Å². The number of carbonyl (C=O) groups excluding carboxylic acids is 1. The zero-order valence-electron chi connectivity index (χ0n) is 13.7. The number of benzene rings is 1. The number of nitrogens with one attached hydrogen (secondary N) is 2. The number of halogens is 2. The van der Waals surface area contributed by atoms with Crippen LogP contribution in [0.15, 0.2) is 61.1 Å². The van der Waals surface area contributed by atoms with Gasteiger partial charge in [0.15, 0.2) is 11.5 Å². The summed E-state index contributed by atoms with van der Waals surface area (Å²) in [5.74, 6) is -1.98. The third-order valence-electron chi connectivity index (χ3n) is 3.79. The van der Waals surface area contributed by atoms with Gasteiger partial charge in [-0.05, 0) is 30.3 Å². The molecular formula is C18H12F2N6O. The molecular weight excluding hydrogens is 354 g/mol. The van der Waals surface area contributed by atoms with E-state index in [2.05, 4.69) is 25.6 Å². The van der Waals surface area contributed by atoms with Crippen LogP contribution in [0.5, 0.6) is 0 Å². The quantitative estimate of drug-likeness (QED) is 0.581. The number of nitrogens with zero attached hydrogens (tertiary/aromatic N) is 4. The number of pyridine rings is 1. The van der Waals surface area contributed by atoms with Gasteiger partial charge >= 0.3 is 0 Å². The molecule has 0 radical (unpaired) electrons. The first-order chi connectivity index (χ1) is 13.1. The molecule has 1 amide bonds. The van der Waals surface area contributed by atoms with Crippen molar-refractivity contribution in [1.29, 1.82) is 0 Å². The molecule has 0 aliphatic rings. The minimum atomic E-state index is -0.780. The van der Waals surface area contributed by atoms with Crippen LogP contribution in [0, 0.1) is 11.6 Å². The second kappa shape index (κ2) is 6.79. The van der Waals surface area contributed by atoms with Crippen LogP contribution in [0.1, 0.15) is 10.5 Å². The summed E-state index contributed by atoms with van der Waals surface area (Å²) in [4.78, 5) is 16.7. The Morgan fingerprint density at radius 2 is 2.04 bits per heavy atom. The lowest BCUT2D eigenvalue weighted by Gasteiger charge is -2.04. The van der Waals surface area contributed by atoms with Crippen molar-refractivity contribution in [2.45, 2.75) is 0 Å². The van der Waals surface area contributed by atoms with Crippen LogP contribution in [0.25, 0.3) is 17.1 Å². The fraction of sp³-hybridized carbons (Fsp3) is 0. The van der Waals surface area contributed by atoms with E-state index in [1.807, 2.05) is 6.07 Å². The fourth-order valence-electron chi connectivity index (χ4n) is 2.52. The Hall–Kier alpha value is -3.88. The number of rotatable bonds is 4. The molecule has 1 aromatic carbocycles. The summed E-state index contributed by atoms with van der Waals surface area (Å²) in [7, 11) is 0. The second-order valence-corrected chi connectivity index (χ2v) is 5.57. The number of H-pyrrole nitrogens is 1. The maximum absolute atomic E-state index is 13.9. The van der Waals surface area contributed by atoms with E-state index in [9.17, 15) is 13.6 Å². The highest BCUT2D eigenvalue weighted by Crippen LogP contribution is 2.23. The molecule has 0 atom stereocenters. The normalized spacial score (nSPS) is 10.7. The summed E-state index contributed by atoms with van der Waals surface area (Å²) in [6.45, 7) is 0. The third kappa shape index (κ3) is 3.30. The van der Waals surface area contributed by atoms with Crippen molar-refractivity contribution in [3.63, 3.8) is 0 Å². The molecule has 3 heterocycles. The van der Waals surface area contributed by atoms with E-state index in [0.717, 1.165) is 12.1 Å². The van der Waals surface area contributed by atoms with Gasteiger partial charge in [0, 0.05) is 18.5 Å². The number of hydrogen-bond donors (Lipinski definition) is 2. The average Bonchev–Trinajstić information content (AvgIpc) is 3.32. The molecule has 0 fully saturated rings. The standard InChI is InChI=1S/C18H12F2N6O/c19-11-4-5-16(12(20)9-11)26-8-6-14(25-26)18(27)23-15-10-22-24-17(15)13-3-1-2-7-21-13/h1-10H,(H,22,24)(H,23,27). The number of aromatic amines is 1. The summed E-state index contributed by atoms with van der Waals surface area (Å²) < 4.78 is 28.1. The monoisotopic (exact) mass is 366 g/mol. The Morgan fingerprint density at radius 3 is 2.81 bits per heavy atom. The molecule has 7 nitrogen and oxygen atoms in total. The molecule has 9 heteroatoms. The first kappa shape index (κ1) is 16.6. The summed E-state index contributed by atoms with van der Waals surface area (Å²) in [5, 5.41) is 13.5. The van der Waals surface area contributed by atoms with Crippen molar-refractivity contribution >= 4 is 11.6 Å². The molecule has 4 aromatic rings. The van der Waals surface area contributed by atoms with Gasteiger partial charge in [0.25, 0.3) is 5.91 Å². The van der Waals surface area contributed by atoms with Crippen molar-refractivity contribution in [2.24, 2.45) is 0 Å². The minimum Gasteiger partial charge on any atom is -0.317 e. The van der Waals surface area contributed by atoms with Crippen molar-refractivity contribution in [2.75, 3.05) is 5.32 Å². The van der Waals surface area contributed by atoms with Gasteiger partial charge in [-0.3, -0.25) is 14.9 Å². The minimum absolute atomic E-state index is 0.0351. The molecule has 0 spiro atoms. The summed E-state index contributed by atoms with van der Waals surface area (Å²) in [6.07, 6.45) is 4.50. The van der Waals surface area contributed by atoms with Gasteiger partial charge < -0.3 is 5.32 Å². The van der Waals surface area contributed by atoms with E-state index in [0.29, 0.717) is 17.1 Å². The molecule has 2 N–H and O–H groups in total. The van der Waals surface area contributed by atoms with E-state index < -0.39 is 17.5 Å². The molecule has 0 bridgehead atoms. The van der Waals surface area contributed by atoms with E-state index in [1.165, 1.54) is 29.2 Å².